The fourth-order valence-electron chi connectivity index (χ4n) is 2.85. The van der Waals surface area contributed by atoms with Gasteiger partial charge >= 0.3 is 0 Å². The lowest BCUT2D eigenvalue weighted by Crippen LogP contribution is -2.13. The van der Waals surface area contributed by atoms with Gasteiger partial charge in [-0.15, -0.1) is 11.6 Å². The van der Waals surface area contributed by atoms with E-state index in [0.29, 0.717) is 5.56 Å². The van der Waals surface area contributed by atoms with Crippen molar-refractivity contribution in [3.8, 4) is 0 Å². The first kappa shape index (κ1) is 13.5. The summed E-state index contributed by atoms with van der Waals surface area (Å²) in [5, 5.41) is -0.684. The van der Waals surface area contributed by atoms with Gasteiger partial charge in [0.05, 0.1) is 0 Å². The molecule has 1 unspecified atom stereocenters. The molecule has 1 saturated carbocycles. The van der Waals surface area contributed by atoms with E-state index in [-0.39, 0.29) is 28.3 Å². The second kappa shape index (κ2) is 4.06. The zero-order valence-electron chi connectivity index (χ0n) is 11.1. The van der Waals surface area contributed by atoms with Crippen molar-refractivity contribution in [1.29, 1.82) is 0 Å². The van der Waals surface area contributed by atoms with Gasteiger partial charge < -0.3 is 0 Å². The van der Waals surface area contributed by atoms with Gasteiger partial charge in [0.1, 0.15) is 11.2 Å². The first-order chi connectivity index (χ1) is 8.19. The highest BCUT2D eigenvalue weighted by molar-refractivity contribution is 6.31. The van der Waals surface area contributed by atoms with Gasteiger partial charge in [-0.25, -0.2) is 4.39 Å². The number of hydrogen-bond donors (Lipinski definition) is 0. The first-order valence-electron chi connectivity index (χ1n) is 6.13. The summed E-state index contributed by atoms with van der Waals surface area (Å²) in [5.41, 5.74) is 0.635. The van der Waals surface area contributed by atoms with E-state index in [0.717, 1.165) is 0 Å². The lowest BCUT2D eigenvalue weighted by molar-refractivity contribution is -0.121. The molecule has 0 aliphatic heterocycles. The SMILES string of the molecule is CC1(C)C(C(=O)C(Cl)c2ccc(F)cc2)C1(C)C. The van der Waals surface area contributed by atoms with Crippen molar-refractivity contribution in [2.24, 2.45) is 16.7 Å². The Morgan fingerprint density at radius 1 is 1.17 bits per heavy atom. The quantitative estimate of drug-likeness (QED) is 0.745. The van der Waals surface area contributed by atoms with Gasteiger partial charge in [-0.1, -0.05) is 39.8 Å². The number of halogens is 2. The smallest absolute Gasteiger partial charge is 0.159 e. The normalized spacial score (nSPS) is 22.6. The molecule has 0 aromatic heterocycles. The number of hydrogen-bond acceptors (Lipinski definition) is 1. The molecule has 1 aliphatic carbocycles. The summed E-state index contributed by atoms with van der Waals surface area (Å²) in [6.45, 7) is 8.35. The van der Waals surface area contributed by atoms with Crippen molar-refractivity contribution in [2.45, 2.75) is 33.1 Å². The van der Waals surface area contributed by atoms with Gasteiger partial charge in [-0.05, 0) is 28.5 Å². The Balaban J connectivity index is 2.19. The van der Waals surface area contributed by atoms with Crippen LogP contribution in [0.1, 0.15) is 38.6 Å². The zero-order valence-corrected chi connectivity index (χ0v) is 11.9. The third-order valence-corrected chi connectivity index (χ3v) is 5.18. The molecule has 0 saturated heterocycles. The Labute approximate surface area is 112 Å². The molecule has 1 aromatic carbocycles. The van der Waals surface area contributed by atoms with Crippen LogP contribution in [0.15, 0.2) is 24.3 Å². The Kier molecular flexibility index (Phi) is 3.05. The van der Waals surface area contributed by atoms with Crippen LogP contribution >= 0.6 is 11.6 Å². The largest absolute Gasteiger partial charge is 0.297 e. The summed E-state index contributed by atoms with van der Waals surface area (Å²) in [5.74, 6) is -0.307. The van der Waals surface area contributed by atoms with E-state index in [4.69, 9.17) is 11.6 Å². The standard InChI is InChI=1S/C15H18ClFO/c1-14(2)13(15(14,3)4)12(18)11(16)9-5-7-10(17)8-6-9/h5-8,11,13H,1-4H3. The average Bonchev–Trinajstić information content (AvgIpc) is 2.69. The summed E-state index contributed by atoms with van der Waals surface area (Å²) in [4.78, 5) is 12.4. The van der Waals surface area contributed by atoms with Crippen molar-refractivity contribution in [2.75, 3.05) is 0 Å². The minimum Gasteiger partial charge on any atom is -0.297 e. The van der Waals surface area contributed by atoms with Crippen molar-refractivity contribution >= 4 is 17.4 Å². The summed E-state index contributed by atoms with van der Waals surface area (Å²) in [6.07, 6.45) is 0. The molecule has 0 heterocycles. The Morgan fingerprint density at radius 3 is 2.00 bits per heavy atom. The van der Waals surface area contributed by atoms with E-state index in [1.54, 1.807) is 12.1 Å². The van der Waals surface area contributed by atoms with Crippen LogP contribution in [-0.4, -0.2) is 5.78 Å². The molecule has 98 valence electrons. The van der Waals surface area contributed by atoms with Gasteiger partial charge in [0.2, 0.25) is 0 Å². The van der Waals surface area contributed by atoms with E-state index < -0.39 is 5.38 Å². The van der Waals surface area contributed by atoms with Crippen LogP contribution in [-0.2, 0) is 4.79 Å². The van der Waals surface area contributed by atoms with Crippen LogP contribution in [0.2, 0.25) is 0 Å². The number of carbonyl (C=O) groups is 1. The number of rotatable bonds is 3. The molecular weight excluding hydrogens is 251 g/mol. The minimum absolute atomic E-state index is 0.0166. The number of carbonyl (C=O) groups excluding carboxylic acids is 1. The summed E-state index contributed by atoms with van der Waals surface area (Å²) < 4.78 is 12.8. The maximum Gasteiger partial charge on any atom is 0.159 e. The highest BCUT2D eigenvalue weighted by Gasteiger charge is 2.68. The van der Waals surface area contributed by atoms with E-state index in [1.807, 2.05) is 0 Å². The molecule has 1 fully saturated rings. The van der Waals surface area contributed by atoms with Crippen molar-refractivity contribution in [1.82, 2.24) is 0 Å². The van der Waals surface area contributed by atoms with E-state index in [9.17, 15) is 9.18 Å². The first-order valence-corrected chi connectivity index (χ1v) is 6.56. The van der Waals surface area contributed by atoms with Crippen LogP contribution < -0.4 is 0 Å². The summed E-state index contributed by atoms with van der Waals surface area (Å²) in [6, 6.07) is 5.82. The highest BCUT2D eigenvalue weighted by Crippen LogP contribution is 2.69. The van der Waals surface area contributed by atoms with Gasteiger partial charge in [0, 0.05) is 5.92 Å². The van der Waals surface area contributed by atoms with Crippen molar-refractivity contribution in [3.63, 3.8) is 0 Å². The fourth-order valence-corrected chi connectivity index (χ4v) is 3.12. The van der Waals surface area contributed by atoms with Gasteiger partial charge in [0.25, 0.3) is 0 Å². The zero-order chi connectivity index (χ0) is 13.7. The van der Waals surface area contributed by atoms with Crippen LogP contribution in [0.25, 0.3) is 0 Å². The molecule has 0 radical (unpaired) electrons. The number of alkyl halides is 1. The number of benzene rings is 1. The Bertz CT molecular complexity index is 462. The number of ketones is 1. The van der Waals surface area contributed by atoms with Crippen molar-refractivity contribution in [3.05, 3.63) is 35.6 Å². The molecule has 0 bridgehead atoms. The third kappa shape index (κ3) is 1.87. The van der Waals surface area contributed by atoms with Crippen LogP contribution in [0.4, 0.5) is 4.39 Å². The molecule has 18 heavy (non-hydrogen) atoms. The molecule has 1 nitrogen and oxygen atoms in total. The molecule has 1 atom stereocenters. The molecular formula is C15H18ClFO. The molecule has 1 aliphatic rings. The van der Waals surface area contributed by atoms with Crippen LogP contribution in [0, 0.1) is 22.6 Å². The van der Waals surface area contributed by atoms with Gasteiger partial charge in [0.15, 0.2) is 5.78 Å². The van der Waals surface area contributed by atoms with Gasteiger partial charge in [-0.2, -0.15) is 0 Å². The van der Waals surface area contributed by atoms with E-state index in [2.05, 4.69) is 27.7 Å². The topological polar surface area (TPSA) is 17.1 Å². The van der Waals surface area contributed by atoms with Crippen LogP contribution in [0.3, 0.4) is 0 Å². The third-order valence-electron chi connectivity index (χ3n) is 4.72. The lowest BCUT2D eigenvalue weighted by atomic mass is 10.0. The second-order valence-electron chi connectivity index (χ2n) is 6.19. The number of Topliss-reactive ketones (excluding diaryl/α,β-unsaturated/α-hetero) is 1. The molecule has 2 rings (SSSR count). The maximum absolute atomic E-state index is 12.8. The molecule has 3 heteroatoms. The fraction of sp³-hybridized carbons (Fsp3) is 0.533. The lowest BCUT2D eigenvalue weighted by Gasteiger charge is -2.10. The summed E-state index contributed by atoms with van der Waals surface area (Å²) >= 11 is 6.23. The van der Waals surface area contributed by atoms with Crippen LogP contribution in [0.5, 0.6) is 0 Å². The molecule has 0 spiro atoms. The average molecular weight is 269 g/mol. The predicted molar refractivity (Wildman–Crippen MR) is 71.1 cm³/mol. The summed E-state index contributed by atoms with van der Waals surface area (Å²) in [7, 11) is 0. The monoisotopic (exact) mass is 268 g/mol. The molecule has 0 amide bonds. The maximum atomic E-state index is 12.8. The Morgan fingerprint density at radius 2 is 1.61 bits per heavy atom. The predicted octanol–water partition coefficient (Wildman–Crippen LogP) is 4.36. The Hall–Kier alpha value is -0.890. The highest BCUT2D eigenvalue weighted by atomic mass is 35.5. The van der Waals surface area contributed by atoms with Gasteiger partial charge in [-0.3, -0.25) is 4.79 Å². The van der Waals surface area contributed by atoms with E-state index >= 15 is 0 Å². The second-order valence-corrected chi connectivity index (χ2v) is 6.63. The minimum atomic E-state index is -0.684. The molecule has 0 N–H and O–H groups in total. The van der Waals surface area contributed by atoms with Crippen molar-refractivity contribution < 1.29 is 9.18 Å². The van der Waals surface area contributed by atoms with E-state index in [1.165, 1.54) is 12.1 Å². The molecule has 1 aromatic rings.